The highest BCUT2D eigenvalue weighted by molar-refractivity contribution is 5.87. The van der Waals surface area contributed by atoms with Gasteiger partial charge >= 0.3 is 17.6 Å². The van der Waals surface area contributed by atoms with Crippen LogP contribution < -0.4 is 0 Å². The zero-order valence-electron chi connectivity index (χ0n) is 7.38. The van der Waals surface area contributed by atoms with Crippen molar-refractivity contribution in [1.82, 2.24) is 0 Å². The third-order valence-corrected chi connectivity index (χ3v) is 1.99. The number of rotatable bonds is 2. The highest BCUT2D eigenvalue weighted by Crippen LogP contribution is 2.42. The lowest BCUT2D eigenvalue weighted by Crippen LogP contribution is -2.39. The van der Waals surface area contributed by atoms with Gasteiger partial charge in [0.05, 0.1) is 0 Å². The van der Waals surface area contributed by atoms with Gasteiger partial charge in [0.1, 0.15) is 5.92 Å². The summed E-state index contributed by atoms with van der Waals surface area (Å²) in [4.78, 5) is 20.6. The van der Waals surface area contributed by atoms with Crippen molar-refractivity contribution in [3.8, 4) is 0 Å². The van der Waals surface area contributed by atoms with Crippen LogP contribution >= 0.6 is 0 Å². The molecule has 1 rings (SSSR count). The molecule has 16 heavy (non-hydrogen) atoms. The Morgan fingerprint density at radius 1 is 1.25 bits per heavy atom. The van der Waals surface area contributed by atoms with E-state index in [0.29, 0.717) is 0 Å². The van der Waals surface area contributed by atoms with Gasteiger partial charge in [0.2, 0.25) is 0 Å². The molecule has 0 aromatic carbocycles. The Labute approximate surface area is 85.5 Å². The van der Waals surface area contributed by atoms with Gasteiger partial charge in [-0.05, 0) is 6.08 Å². The minimum Gasteiger partial charge on any atom is -0.480 e. The molecule has 8 heteroatoms. The summed E-state index contributed by atoms with van der Waals surface area (Å²) >= 11 is 0. The maximum Gasteiger partial charge on any atom is 0.356 e. The van der Waals surface area contributed by atoms with Gasteiger partial charge < -0.3 is 10.2 Å². The van der Waals surface area contributed by atoms with Gasteiger partial charge in [0.25, 0.3) is 0 Å². The van der Waals surface area contributed by atoms with E-state index in [4.69, 9.17) is 10.2 Å². The molecule has 1 aliphatic carbocycles. The summed E-state index contributed by atoms with van der Waals surface area (Å²) in [6, 6.07) is 0. The number of carboxylic acid groups (broad SMARTS) is 2. The zero-order valence-corrected chi connectivity index (χ0v) is 7.38. The van der Waals surface area contributed by atoms with E-state index >= 15 is 0 Å². The Morgan fingerprint density at radius 3 is 2.12 bits per heavy atom. The molecule has 0 aromatic heterocycles. The summed E-state index contributed by atoms with van der Waals surface area (Å²) in [7, 11) is 0. The summed E-state index contributed by atoms with van der Waals surface area (Å²) in [5, 5.41) is 16.6. The fourth-order valence-electron chi connectivity index (χ4n) is 1.12. The number of hydrogen-bond acceptors (Lipinski definition) is 2. The summed E-state index contributed by atoms with van der Waals surface area (Å²) in [5.41, 5.74) is -4.28. The highest BCUT2D eigenvalue weighted by atomic mass is 19.2. The minimum absolute atomic E-state index is 0.130. The maximum atomic E-state index is 13.3. The van der Waals surface area contributed by atoms with E-state index in [9.17, 15) is 27.2 Å². The first kappa shape index (κ1) is 12.2. The molecule has 0 radical (unpaired) electrons. The third-order valence-electron chi connectivity index (χ3n) is 1.99. The maximum absolute atomic E-state index is 13.3. The van der Waals surface area contributed by atoms with Gasteiger partial charge in [-0.25, -0.2) is 22.4 Å². The minimum atomic E-state index is -4.28. The van der Waals surface area contributed by atoms with Crippen LogP contribution in [0, 0.1) is 5.92 Å². The van der Waals surface area contributed by atoms with E-state index in [1.165, 1.54) is 0 Å². The number of aliphatic carboxylic acids is 2. The van der Waals surface area contributed by atoms with Gasteiger partial charge in [0.15, 0.2) is 17.5 Å². The normalized spacial score (nSPS) is 30.0. The number of carbonyl (C=O) groups is 2. The molecule has 2 atom stereocenters. The van der Waals surface area contributed by atoms with Crippen molar-refractivity contribution in [2.45, 2.75) is 5.67 Å². The largest absolute Gasteiger partial charge is 0.480 e. The Bertz CT molecular complexity index is 428. The SMILES string of the molecule is O=C(O)C1C=C(F)C(F)(C(=O)O)C(F)=C1F. The Morgan fingerprint density at radius 2 is 1.75 bits per heavy atom. The monoisotopic (exact) mass is 240 g/mol. The Hall–Kier alpha value is -1.86. The van der Waals surface area contributed by atoms with Gasteiger partial charge in [-0.15, -0.1) is 0 Å². The van der Waals surface area contributed by atoms with Crippen molar-refractivity contribution < 1.29 is 37.4 Å². The zero-order chi connectivity index (χ0) is 12.7. The van der Waals surface area contributed by atoms with Crippen LogP contribution in [0.1, 0.15) is 0 Å². The van der Waals surface area contributed by atoms with Crippen LogP contribution in [0.5, 0.6) is 0 Å². The van der Waals surface area contributed by atoms with Gasteiger partial charge in [-0.2, -0.15) is 0 Å². The first-order valence-electron chi connectivity index (χ1n) is 3.81. The molecule has 0 heterocycles. The molecule has 2 unspecified atom stereocenters. The summed E-state index contributed by atoms with van der Waals surface area (Å²) < 4.78 is 52.1. The van der Waals surface area contributed by atoms with Crippen LogP contribution in [0.4, 0.5) is 17.6 Å². The van der Waals surface area contributed by atoms with Gasteiger partial charge in [-0.1, -0.05) is 0 Å². The van der Waals surface area contributed by atoms with Crippen molar-refractivity contribution in [3.05, 3.63) is 23.6 Å². The quantitative estimate of drug-likeness (QED) is 0.717. The van der Waals surface area contributed by atoms with Crippen molar-refractivity contribution in [1.29, 1.82) is 0 Å². The average molecular weight is 240 g/mol. The molecule has 88 valence electrons. The summed E-state index contributed by atoms with van der Waals surface area (Å²) in [6.45, 7) is 0. The van der Waals surface area contributed by atoms with Crippen molar-refractivity contribution in [3.63, 3.8) is 0 Å². The Kier molecular flexibility index (Phi) is 2.76. The van der Waals surface area contributed by atoms with Crippen LogP contribution in [0.2, 0.25) is 0 Å². The molecule has 0 amide bonds. The molecular formula is C8H4F4O4. The summed E-state index contributed by atoms with van der Waals surface area (Å²) in [5.74, 6) is -13.9. The molecule has 0 saturated heterocycles. The van der Waals surface area contributed by atoms with Gasteiger partial charge in [-0.3, -0.25) is 4.79 Å². The van der Waals surface area contributed by atoms with E-state index in [1.807, 2.05) is 0 Å². The van der Waals surface area contributed by atoms with Crippen LogP contribution in [0.15, 0.2) is 23.6 Å². The fourth-order valence-corrected chi connectivity index (χ4v) is 1.12. The number of alkyl halides is 1. The Balaban J connectivity index is 3.38. The topological polar surface area (TPSA) is 74.6 Å². The molecule has 0 aliphatic heterocycles. The molecule has 0 fully saturated rings. The molecule has 2 N–H and O–H groups in total. The third kappa shape index (κ3) is 1.46. The molecule has 0 bridgehead atoms. The number of hydrogen-bond donors (Lipinski definition) is 2. The standard InChI is InChI=1S/C8H4F4O4/c9-3-1-2(6(13)14)4(10)5(11)8(3,12)7(15)16/h1-2H,(H,13,14)(H,15,16). The molecule has 0 saturated carbocycles. The van der Waals surface area contributed by atoms with E-state index in [-0.39, 0.29) is 6.08 Å². The van der Waals surface area contributed by atoms with Crippen LogP contribution in [-0.2, 0) is 9.59 Å². The predicted molar refractivity (Wildman–Crippen MR) is 41.0 cm³/mol. The molecular weight excluding hydrogens is 236 g/mol. The second-order valence-electron chi connectivity index (χ2n) is 2.96. The lowest BCUT2D eigenvalue weighted by Gasteiger charge is -2.23. The lowest BCUT2D eigenvalue weighted by atomic mass is 9.90. The van der Waals surface area contributed by atoms with E-state index in [2.05, 4.69) is 0 Å². The van der Waals surface area contributed by atoms with E-state index < -0.39 is 41.0 Å². The van der Waals surface area contributed by atoms with E-state index in [1.54, 1.807) is 0 Å². The molecule has 0 aromatic rings. The first-order chi connectivity index (χ1) is 7.22. The smallest absolute Gasteiger partial charge is 0.356 e. The second kappa shape index (κ2) is 3.62. The van der Waals surface area contributed by atoms with Crippen LogP contribution in [-0.4, -0.2) is 27.8 Å². The van der Waals surface area contributed by atoms with Crippen molar-refractivity contribution in [2.75, 3.05) is 0 Å². The average Bonchev–Trinajstić information content (AvgIpc) is 2.19. The van der Waals surface area contributed by atoms with Crippen LogP contribution in [0.25, 0.3) is 0 Å². The van der Waals surface area contributed by atoms with E-state index in [0.717, 1.165) is 0 Å². The van der Waals surface area contributed by atoms with Gasteiger partial charge in [0, 0.05) is 0 Å². The van der Waals surface area contributed by atoms with Crippen molar-refractivity contribution in [2.24, 2.45) is 5.92 Å². The number of halogens is 4. The van der Waals surface area contributed by atoms with Crippen LogP contribution in [0.3, 0.4) is 0 Å². The summed E-state index contributed by atoms with van der Waals surface area (Å²) in [6.07, 6.45) is -0.130. The molecule has 1 aliphatic rings. The predicted octanol–water partition coefficient (Wildman–Crippen LogP) is 1.50. The molecule has 0 spiro atoms. The fraction of sp³-hybridized carbons (Fsp3) is 0.250. The van der Waals surface area contributed by atoms with Crippen molar-refractivity contribution >= 4 is 11.9 Å². The second-order valence-corrected chi connectivity index (χ2v) is 2.96. The first-order valence-corrected chi connectivity index (χ1v) is 3.81. The lowest BCUT2D eigenvalue weighted by molar-refractivity contribution is -0.149. The number of carboxylic acids is 2. The molecule has 4 nitrogen and oxygen atoms in total. The highest BCUT2D eigenvalue weighted by Gasteiger charge is 2.55.